The molecule has 1 aromatic carbocycles. The molecule has 0 fully saturated rings. The van der Waals surface area contributed by atoms with E-state index < -0.39 is 12.0 Å². The number of aliphatic carboxylic acids is 1. The lowest BCUT2D eigenvalue weighted by molar-refractivity contribution is -0.139. The van der Waals surface area contributed by atoms with E-state index in [1.54, 1.807) is 0 Å². The molecular weight excluding hydrogens is 345 g/mol. The Morgan fingerprint density at radius 3 is 2.61 bits per heavy atom. The lowest BCUT2D eigenvalue weighted by Crippen LogP contribution is -2.41. The van der Waals surface area contributed by atoms with Crippen LogP contribution in [-0.2, 0) is 4.79 Å². The first-order chi connectivity index (χ1) is 8.47. The highest BCUT2D eigenvalue weighted by atomic mass is 127. The Hall–Kier alpha value is -1.11. The molecule has 1 amide bonds. The quantitative estimate of drug-likeness (QED) is 0.793. The van der Waals surface area contributed by atoms with Gasteiger partial charge in [-0.1, -0.05) is 25.5 Å². The van der Waals surface area contributed by atoms with Crippen molar-refractivity contribution >= 4 is 34.5 Å². The van der Waals surface area contributed by atoms with Gasteiger partial charge in [0.15, 0.2) is 0 Å². The molecule has 0 heterocycles. The van der Waals surface area contributed by atoms with Crippen LogP contribution in [0.4, 0.5) is 0 Å². The fourth-order valence-corrected chi connectivity index (χ4v) is 2.57. The normalized spacial score (nSPS) is 11.9. The van der Waals surface area contributed by atoms with E-state index in [0.717, 1.165) is 9.13 Å². The molecule has 18 heavy (non-hydrogen) atoms. The highest BCUT2D eigenvalue weighted by molar-refractivity contribution is 14.1. The number of hydrogen-bond acceptors (Lipinski definition) is 2. The van der Waals surface area contributed by atoms with Crippen LogP contribution >= 0.6 is 22.6 Å². The molecule has 0 aliphatic rings. The number of benzene rings is 1. The lowest BCUT2D eigenvalue weighted by atomic mass is 10.1. The predicted molar refractivity (Wildman–Crippen MR) is 77.7 cm³/mol. The van der Waals surface area contributed by atoms with Gasteiger partial charge >= 0.3 is 5.97 Å². The minimum absolute atomic E-state index is 0.321. The Bertz CT molecular complexity index is 439. The van der Waals surface area contributed by atoms with E-state index in [1.807, 2.05) is 32.0 Å². The fourth-order valence-electron chi connectivity index (χ4n) is 1.70. The number of halogens is 1. The van der Waals surface area contributed by atoms with Crippen molar-refractivity contribution in [2.45, 2.75) is 32.7 Å². The number of nitrogens with one attached hydrogen (secondary N) is 1. The van der Waals surface area contributed by atoms with Gasteiger partial charge in [0.1, 0.15) is 6.04 Å². The van der Waals surface area contributed by atoms with Gasteiger partial charge < -0.3 is 10.4 Å². The van der Waals surface area contributed by atoms with Gasteiger partial charge in [0.25, 0.3) is 5.91 Å². The van der Waals surface area contributed by atoms with E-state index in [-0.39, 0.29) is 5.91 Å². The minimum Gasteiger partial charge on any atom is -0.480 e. The smallest absolute Gasteiger partial charge is 0.326 e. The van der Waals surface area contributed by atoms with Gasteiger partial charge in [0, 0.05) is 3.57 Å². The largest absolute Gasteiger partial charge is 0.480 e. The molecule has 0 bridgehead atoms. The van der Waals surface area contributed by atoms with Crippen LogP contribution in [0.2, 0.25) is 0 Å². The summed E-state index contributed by atoms with van der Waals surface area (Å²) in [6.07, 6.45) is 1.14. The summed E-state index contributed by atoms with van der Waals surface area (Å²) in [6, 6.07) is 4.72. The van der Waals surface area contributed by atoms with Crippen LogP contribution < -0.4 is 5.32 Å². The van der Waals surface area contributed by atoms with Gasteiger partial charge in [-0.15, -0.1) is 0 Å². The number of hydrogen-bond donors (Lipinski definition) is 2. The highest BCUT2D eigenvalue weighted by Gasteiger charge is 2.21. The summed E-state index contributed by atoms with van der Waals surface area (Å²) >= 11 is 2.08. The van der Waals surface area contributed by atoms with Crippen molar-refractivity contribution in [2.75, 3.05) is 0 Å². The zero-order valence-corrected chi connectivity index (χ0v) is 12.5. The van der Waals surface area contributed by atoms with E-state index >= 15 is 0 Å². The Morgan fingerprint density at radius 2 is 2.11 bits per heavy atom. The third-order valence-corrected chi connectivity index (χ3v) is 3.53. The Kier molecular flexibility index (Phi) is 5.58. The van der Waals surface area contributed by atoms with Crippen molar-refractivity contribution in [3.63, 3.8) is 0 Å². The first-order valence-electron chi connectivity index (χ1n) is 5.76. The second-order valence-corrected chi connectivity index (χ2v) is 5.25. The number of rotatable bonds is 5. The molecule has 1 unspecified atom stereocenters. The fraction of sp³-hybridized carbons (Fsp3) is 0.385. The van der Waals surface area contributed by atoms with E-state index in [4.69, 9.17) is 5.11 Å². The molecule has 0 aliphatic heterocycles. The Balaban J connectivity index is 2.90. The second kappa shape index (κ2) is 6.72. The molecular formula is C13H16INO3. The molecule has 0 radical (unpaired) electrons. The molecule has 1 atom stereocenters. The summed E-state index contributed by atoms with van der Waals surface area (Å²) in [5.74, 6) is -1.31. The Morgan fingerprint density at radius 1 is 1.44 bits per heavy atom. The van der Waals surface area contributed by atoms with Crippen LogP contribution in [0.15, 0.2) is 18.2 Å². The van der Waals surface area contributed by atoms with E-state index in [9.17, 15) is 9.59 Å². The maximum Gasteiger partial charge on any atom is 0.326 e. The number of carboxylic acids is 1. The van der Waals surface area contributed by atoms with Crippen LogP contribution in [0, 0.1) is 10.5 Å². The van der Waals surface area contributed by atoms with E-state index in [0.29, 0.717) is 18.4 Å². The summed E-state index contributed by atoms with van der Waals surface area (Å²) < 4.78 is 0.825. The SMILES string of the molecule is CCCC(NC(=O)c1c(C)cccc1I)C(=O)O. The monoisotopic (exact) mass is 361 g/mol. The molecule has 0 saturated carbocycles. The average molecular weight is 361 g/mol. The van der Waals surface area contributed by atoms with Crippen LogP contribution in [0.3, 0.4) is 0 Å². The maximum absolute atomic E-state index is 12.1. The van der Waals surface area contributed by atoms with E-state index in [2.05, 4.69) is 27.9 Å². The summed E-state index contributed by atoms with van der Waals surface area (Å²) in [7, 11) is 0. The maximum atomic E-state index is 12.1. The molecule has 0 aromatic heterocycles. The number of carboxylic acid groups (broad SMARTS) is 1. The molecule has 0 spiro atoms. The number of carbonyl (C=O) groups excluding carboxylic acids is 1. The summed E-state index contributed by atoms with van der Waals surface area (Å²) in [4.78, 5) is 23.1. The van der Waals surface area contributed by atoms with Crippen LogP contribution in [-0.4, -0.2) is 23.0 Å². The zero-order valence-electron chi connectivity index (χ0n) is 10.4. The van der Waals surface area contributed by atoms with Crippen LogP contribution in [0.1, 0.15) is 35.7 Å². The molecule has 1 aromatic rings. The van der Waals surface area contributed by atoms with Gasteiger partial charge in [0.05, 0.1) is 5.56 Å². The van der Waals surface area contributed by atoms with E-state index in [1.165, 1.54) is 0 Å². The van der Waals surface area contributed by atoms with Gasteiger partial charge in [-0.25, -0.2) is 4.79 Å². The zero-order chi connectivity index (χ0) is 13.7. The molecule has 0 saturated heterocycles. The minimum atomic E-state index is -0.992. The number of carbonyl (C=O) groups is 2. The van der Waals surface area contributed by atoms with Crippen molar-refractivity contribution in [3.8, 4) is 0 Å². The molecule has 1 rings (SSSR count). The van der Waals surface area contributed by atoms with Crippen molar-refractivity contribution < 1.29 is 14.7 Å². The first kappa shape index (κ1) is 14.9. The summed E-state index contributed by atoms with van der Waals surface area (Å²) in [5.41, 5.74) is 1.40. The van der Waals surface area contributed by atoms with Gasteiger partial charge in [0.2, 0.25) is 0 Å². The van der Waals surface area contributed by atoms with Crippen LogP contribution in [0.5, 0.6) is 0 Å². The van der Waals surface area contributed by atoms with Crippen molar-refractivity contribution in [3.05, 3.63) is 32.9 Å². The van der Waals surface area contributed by atoms with Gasteiger partial charge in [-0.2, -0.15) is 0 Å². The Labute approximate surface area is 120 Å². The van der Waals surface area contributed by atoms with Crippen LogP contribution in [0.25, 0.3) is 0 Å². The summed E-state index contributed by atoms with van der Waals surface area (Å²) in [6.45, 7) is 3.73. The highest BCUT2D eigenvalue weighted by Crippen LogP contribution is 2.16. The lowest BCUT2D eigenvalue weighted by Gasteiger charge is -2.15. The molecule has 2 N–H and O–H groups in total. The number of aryl methyl sites for hydroxylation is 1. The van der Waals surface area contributed by atoms with Gasteiger partial charge in [-0.05, 0) is 47.6 Å². The predicted octanol–water partition coefficient (Wildman–Crippen LogP) is 2.58. The topological polar surface area (TPSA) is 66.4 Å². The van der Waals surface area contributed by atoms with Crippen molar-refractivity contribution in [1.82, 2.24) is 5.32 Å². The van der Waals surface area contributed by atoms with Crippen molar-refractivity contribution in [2.24, 2.45) is 0 Å². The van der Waals surface area contributed by atoms with Gasteiger partial charge in [-0.3, -0.25) is 4.79 Å². The number of amides is 1. The van der Waals surface area contributed by atoms with Crippen molar-refractivity contribution in [1.29, 1.82) is 0 Å². The third-order valence-electron chi connectivity index (χ3n) is 2.63. The standard InChI is InChI=1S/C13H16INO3/c1-3-5-10(13(17)18)15-12(16)11-8(2)6-4-7-9(11)14/h4,6-7,10H,3,5H2,1-2H3,(H,15,16)(H,17,18). The molecule has 98 valence electrons. The second-order valence-electron chi connectivity index (χ2n) is 4.08. The first-order valence-corrected chi connectivity index (χ1v) is 6.84. The average Bonchev–Trinajstić information content (AvgIpc) is 2.28. The third kappa shape index (κ3) is 3.69. The summed E-state index contributed by atoms with van der Waals surface area (Å²) in [5, 5.41) is 11.6. The molecule has 4 nitrogen and oxygen atoms in total. The molecule has 0 aliphatic carbocycles. The molecule has 5 heteroatoms.